The Balaban J connectivity index is 1.77. The van der Waals surface area contributed by atoms with Crippen molar-refractivity contribution in [1.29, 1.82) is 0 Å². The van der Waals surface area contributed by atoms with Crippen molar-refractivity contribution in [1.82, 2.24) is 5.32 Å². The summed E-state index contributed by atoms with van der Waals surface area (Å²) >= 11 is 5.54. The standard InChI is InChI=1S/C16H24BrNOS/c1-2-18-13(9-10-14-6-5-11-19-14)12-20-16-8-4-3-7-15(16)17/h3-4,7-8,13-14,18H,2,5-6,9-12H2,1H3. The van der Waals surface area contributed by atoms with Gasteiger partial charge in [-0.2, -0.15) is 0 Å². The zero-order valence-electron chi connectivity index (χ0n) is 12.1. The summed E-state index contributed by atoms with van der Waals surface area (Å²) in [7, 11) is 0. The number of rotatable bonds is 8. The fraction of sp³-hybridized carbons (Fsp3) is 0.625. The fourth-order valence-corrected chi connectivity index (χ4v) is 4.22. The van der Waals surface area contributed by atoms with Crippen LogP contribution in [0.15, 0.2) is 33.6 Å². The van der Waals surface area contributed by atoms with Gasteiger partial charge < -0.3 is 10.1 Å². The van der Waals surface area contributed by atoms with E-state index in [0.29, 0.717) is 12.1 Å². The first-order valence-corrected chi connectivity index (χ1v) is 9.29. The van der Waals surface area contributed by atoms with E-state index < -0.39 is 0 Å². The molecule has 2 nitrogen and oxygen atoms in total. The molecule has 2 atom stereocenters. The molecule has 0 aromatic heterocycles. The molecule has 1 heterocycles. The van der Waals surface area contributed by atoms with Gasteiger partial charge in [0, 0.05) is 27.8 Å². The maximum atomic E-state index is 5.72. The van der Waals surface area contributed by atoms with Crippen LogP contribution in [0.4, 0.5) is 0 Å². The van der Waals surface area contributed by atoms with E-state index >= 15 is 0 Å². The summed E-state index contributed by atoms with van der Waals surface area (Å²) in [6, 6.07) is 9.02. The van der Waals surface area contributed by atoms with Crippen LogP contribution >= 0.6 is 27.7 Å². The molecule has 0 bridgehead atoms. The number of nitrogens with one attached hydrogen (secondary N) is 1. The van der Waals surface area contributed by atoms with Crippen molar-refractivity contribution in [3.05, 3.63) is 28.7 Å². The summed E-state index contributed by atoms with van der Waals surface area (Å²) in [6.07, 6.45) is 5.38. The van der Waals surface area contributed by atoms with Crippen molar-refractivity contribution in [3.63, 3.8) is 0 Å². The average molecular weight is 358 g/mol. The number of halogens is 1. The molecular weight excluding hydrogens is 334 g/mol. The molecule has 0 spiro atoms. The summed E-state index contributed by atoms with van der Waals surface area (Å²) in [5, 5.41) is 3.60. The van der Waals surface area contributed by atoms with E-state index in [-0.39, 0.29) is 0 Å². The molecule has 2 rings (SSSR count). The first-order valence-electron chi connectivity index (χ1n) is 7.52. The van der Waals surface area contributed by atoms with E-state index in [2.05, 4.69) is 52.4 Å². The van der Waals surface area contributed by atoms with Gasteiger partial charge in [0.05, 0.1) is 6.10 Å². The highest BCUT2D eigenvalue weighted by molar-refractivity contribution is 9.10. The minimum atomic E-state index is 0.504. The Bertz CT molecular complexity index is 396. The van der Waals surface area contributed by atoms with Gasteiger partial charge in [-0.3, -0.25) is 0 Å². The molecule has 0 amide bonds. The highest BCUT2D eigenvalue weighted by atomic mass is 79.9. The van der Waals surface area contributed by atoms with E-state index in [1.807, 2.05) is 11.8 Å². The van der Waals surface area contributed by atoms with Crippen LogP contribution < -0.4 is 5.32 Å². The van der Waals surface area contributed by atoms with Crippen LogP contribution in [-0.4, -0.2) is 31.1 Å². The summed E-state index contributed by atoms with van der Waals surface area (Å²) in [6.45, 7) is 4.18. The van der Waals surface area contributed by atoms with Crippen LogP contribution in [0.5, 0.6) is 0 Å². The van der Waals surface area contributed by atoms with Crippen molar-refractivity contribution in [2.24, 2.45) is 0 Å². The topological polar surface area (TPSA) is 21.3 Å². The lowest BCUT2D eigenvalue weighted by Gasteiger charge is -2.19. The SMILES string of the molecule is CCNC(CCC1CCCO1)CSc1ccccc1Br. The zero-order chi connectivity index (χ0) is 14.2. The van der Waals surface area contributed by atoms with Crippen LogP contribution in [0, 0.1) is 0 Å². The second-order valence-corrected chi connectivity index (χ2v) is 7.12. The lowest BCUT2D eigenvalue weighted by atomic mass is 10.1. The molecule has 1 aliphatic rings. The van der Waals surface area contributed by atoms with Crippen molar-refractivity contribution < 1.29 is 4.74 Å². The van der Waals surface area contributed by atoms with Crippen LogP contribution in [-0.2, 0) is 4.74 Å². The molecule has 4 heteroatoms. The third kappa shape index (κ3) is 5.40. The van der Waals surface area contributed by atoms with E-state index in [9.17, 15) is 0 Å². The first-order chi connectivity index (χ1) is 9.79. The highest BCUT2D eigenvalue weighted by Gasteiger charge is 2.17. The second kappa shape index (κ2) is 9.08. The normalized spacial score (nSPS) is 20.2. The predicted octanol–water partition coefficient (Wildman–Crippen LogP) is 4.48. The molecule has 1 saturated heterocycles. The maximum absolute atomic E-state index is 5.72. The molecule has 0 radical (unpaired) electrons. The zero-order valence-corrected chi connectivity index (χ0v) is 14.5. The molecular formula is C16H24BrNOS. The predicted molar refractivity (Wildman–Crippen MR) is 90.5 cm³/mol. The third-order valence-electron chi connectivity index (χ3n) is 3.63. The smallest absolute Gasteiger partial charge is 0.0576 e. The number of ether oxygens (including phenoxy) is 1. The van der Waals surface area contributed by atoms with Crippen molar-refractivity contribution >= 4 is 27.7 Å². The Hall–Kier alpha value is -0.0300. The van der Waals surface area contributed by atoms with Crippen molar-refractivity contribution in [3.8, 4) is 0 Å². The summed E-state index contributed by atoms with van der Waals surface area (Å²) < 4.78 is 6.92. The number of hydrogen-bond acceptors (Lipinski definition) is 3. The molecule has 0 aliphatic carbocycles. The molecule has 1 aromatic rings. The van der Waals surface area contributed by atoms with Gasteiger partial charge in [-0.15, -0.1) is 11.8 Å². The van der Waals surface area contributed by atoms with Crippen LogP contribution in [0.1, 0.15) is 32.6 Å². The van der Waals surface area contributed by atoms with E-state index in [4.69, 9.17) is 4.74 Å². The number of benzene rings is 1. The Labute approximate surface area is 135 Å². The van der Waals surface area contributed by atoms with Crippen molar-refractivity contribution in [2.45, 2.75) is 49.6 Å². The minimum absolute atomic E-state index is 0.504. The minimum Gasteiger partial charge on any atom is -0.378 e. The first kappa shape index (κ1) is 16.3. The Morgan fingerprint density at radius 3 is 3.00 bits per heavy atom. The van der Waals surface area contributed by atoms with Gasteiger partial charge in [-0.1, -0.05) is 19.1 Å². The van der Waals surface area contributed by atoms with E-state index in [0.717, 1.165) is 18.9 Å². The molecule has 20 heavy (non-hydrogen) atoms. The summed E-state index contributed by atoms with van der Waals surface area (Å²) in [5.41, 5.74) is 0. The van der Waals surface area contributed by atoms with Crippen LogP contribution in [0.2, 0.25) is 0 Å². The van der Waals surface area contributed by atoms with Gasteiger partial charge in [0.1, 0.15) is 0 Å². The quantitative estimate of drug-likeness (QED) is 0.693. The fourth-order valence-electron chi connectivity index (χ4n) is 2.54. The summed E-state index contributed by atoms with van der Waals surface area (Å²) in [4.78, 5) is 1.33. The molecule has 1 aromatic carbocycles. The average Bonchev–Trinajstić information content (AvgIpc) is 2.97. The lowest BCUT2D eigenvalue weighted by Crippen LogP contribution is -2.32. The molecule has 1 aliphatic heterocycles. The highest BCUT2D eigenvalue weighted by Crippen LogP contribution is 2.28. The molecule has 2 unspecified atom stereocenters. The number of thioether (sulfide) groups is 1. The molecule has 1 N–H and O–H groups in total. The van der Waals surface area contributed by atoms with Crippen LogP contribution in [0.25, 0.3) is 0 Å². The Morgan fingerprint density at radius 1 is 1.45 bits per heavy atom. The molecule has 0 saturated carbocycles. The second-order valence-electron chi connectivity index (χ2n) is 5.21. The maximum Gasteiger partial charge on any atom is 0.0576 e. The van der Waals surface area contributed by atoms with Gasteiger partial charge in [-0.25, -0.2) is 0 Å². The van der Waals surface area contributed by atoms with E-state index in [1.54, 1.807) is 0 Å². The van der Waals surface area contributed by atoms with Crippen molar-refractivity contribution in [2.75, 3.05) is 18.9 Å². The van der Waals surface area contributed by atoms with E-state index in [1.165, 1.54) is 35.1 Å². The van der Waals surface area contributed by atoms with Gasteiger partial charge in [0.15, 0.2) is 0 Å². The van der Waals surface area contributed by atoms with Gasteiger partial charge >= 0.3 is 0 Å². The van der Waals surface area contributed by atoms with Gasteiger partial charge in [0.2, 0.25) is 0 Å². The summed E-state index contributed by atoms with van der Waals surface area (Å²) in [5.74, 6) is 1.11. The third-order valence-corrected chi connectivity index (χ3v) is 5.82. The largest absolute Gasteiger partial charge is 0.378 e. The van der Waals surface area contributed by atoms with Gasteiger partial charge in [0.25, 0.3) is 0 Å². The molecule has 112 valence electrons. The Morgan fingerprint density at radius 2 is 2.30 bits per heavy atom. The monoisotopic (exact) mass is 357 g/mol. The van der Waals surface area contributed by atoms with Crippen LogP contribution in [0.3, 0.4) is 0 Å². The van der Waals surface area contributed by atoms with Gasteiger partial charge in [-0.05, 0) is 60.3 Å². The Kier molecular flexibility index (Phi) is 7.42. The number of hydrogen-bond donors (Lipinski definition) is 1. The molecule has 1 fully saturated rings. The lowest BCUT2D eigenvalue weighted by molar-refractivity contribution is 0.100.